The van der Waals surface area contributed by atoms with Crippen LogP contribution in [0.25, 0.3) is 0 Å². The summed E-state index contributed by atoms with van der Waals surface area (Å²) in [6.45, 7) is 9.02. The summed E-state index contributed by atoms with van der Waals surface area (Å²) in [5, 5.41) is 11.4. The second kappa shape index (κ2) is 12.8. The zero-order valence-electron chi connectivity index (χ0n) is 18.8. The number of guanidine groups is 1. The molecule has 4 rings (SSSR count). The van der Waals surface area contributed by atoms with Crippen LogP contribution in [0.15, 0.2) is 47.7 Å². The first kappa shape index (κ1) is 25.3. The van der Waals surface area contributed by atoms with Gasteiger partial charge in [0.05, 0.1) is 26.3 Å². The number of hydrogen-bond donors (Lipinski definition) is 2. The normalized spacial score (nSPS) is 21.8. The predicted octanol–water partition coefficient (Wildman–Crippen LogP) is 2.81. The molecule has 3 heterocycles. The Hall–Kier alpha value is -1.30. The second-order valence-electron chi connectivity index (χ2n) is 8.15. The molecular formula is C23H35IN6OS. The van der Waals surface area contributed by atoms with E-state index in [0.717, 1.165) is 51.9 Å². The molecule has 0 amide bonds. The summed E-state index contributed by atoms with van der Waals surface area (Å²) in [6.07, 6.45) is 5.03. The number of halogens is 1. The van der Waals surface area contributed by atoms with E-state index in [4.69, 9.17) is 9.73 Å². The quantitative estimate of drug-likeness (QED) is 0.289. The number of morpholine rings is 1. The lowest BCUT2D eigenvalue weighted by Crippen LogP contribution is -2.60. The van der Waals surface area contributed by atoms with Gasteiger partial charge >= 0.3 is 0 Å². The SMILES string of the molecule is CCNC(=NCc1ccccc1Cn1cccn1)NCC1(N2CCOCC2)CCSC1.I. The molecule has 2 fully saturated rings. The van der Waals surface area contributed by atoms with Crippen LogP contribution in [-0.4, -0.2) is 77.1 Å². The van der Waals surface area contributed by atoms with Crippen molar-refractivity contribution in [3.8, 4) is 0 Å². The summed E-state index contributed by atoms with van der Waals surface area (Å²) >= 11 is 2.06. The van der Waals surface area contributed by atoms with Gasteiger partial charge in [0.15, 0.2) is 5.96 Å². The number of benzene rings is 1. The molecule has 0 radical (unpaired) electrons. The second-order valence-corrected chi connectivity index (χ2v) is 9.25. The van der Waals surface area contributed by atoms with Crippen LogP contribution in [0.3, 0.4) is 0 Å². The van der Waals surface area contributed by atoms with Gasteiger partial charge in [0.2, 0.25) is 0 Å². The molecule has 7 nitrogen and oxygen atoms in total. The molecule has 32 heavy (non-hydrogen) atoms. The van der Waals surface area contributed by atoms with E-state index in [1.54, 1.807) is 0 Å². The largest absolute Gasteiger partial charge is 0.379 e. The Morgan fingerprint density at radius 3 is 2.69 bits per heavy atom. The first-order valence-electron chi connectivity index (χ1n) is 11.3. The van der Waals surface area contributed by atoms with E-state index in [-0.39, 0.29) is 29.5 Å². The lowest BCUT2D eigenvalue weighted by atomic mass is 9.95. The number of ether oxygens (including phenoxy) is 1. The third-order valence-electron chi connectivity index (χ3n) is 6.11. The van der Waals surface area contributed by atoms with Gasteiger partial charge in [-0.05, 0) is 36.3 Å². The Bertz CT molecular complexity index is 835. The molecule has 1 unspecified atom stereocenters. The molecule has 176 valence electrons. The number of nitrogens with zero attached hydrogens (tertiary/aromatic N) is 4. The van der Waals surface area contributed by atoms with E-state index in [2.05, 4.69) is 63.6 Å². The van der Waals surface area contributed by atoms with Crippen LogP contribution in [-0.2, 0) is 17.8 Å². The summed E-state index contributed by atoms with van der Waals surface area (Å²) in [5.74, 6) is 3.29. The van der Waals surface area contributed by atoms with E-state index in [0.29, 0.717) is 6.54 Å². The highest BCUT2D eigenvalue weighted by molar-refractivity contribution is 14.0. The zero-order valence-corrected chi connectivity index (χ0v) is 22.0. The predicted molar refractivity (Wildman–Crippen MR) is 143 cm³/mol. The van der Waals surface area contributed by atoms with Crippen LogP contribution in [0.1, 0.15) is 24.5 Å². The average Bonchev–Trinajstić information content (AvgIpc) is 3.50. The van der Waals surface area contributed by atoms with Crippen molar-refractivity contribution in [1.82, 2.24) is 25.3 Å². The third-order valence-corrected chi connectivity index (χ3v) is 7.35. The van der Waals surface area contributed by atoms with Crippen LogP contribution in [0.4, 0.5) is 0 Å². The maximum absolute atomic E-state index is 5.59. The molecule has 2 aromatic rings. The van der Waals surface area contributed by atoms with E-state index in [9.17, 15) is 0 Å². The highest BCUT2D eigenvalue weighted by atomic mass is 127. The maximum Gasteiger partial charge on any atom is 0.191 e. The maximum atomic E-state index is 5.59. The Kier molecular flexibility index (Phi) is 10.1. The molecule has 1 aromatic heterocycles. The molecule has 1 atom stereocenters. The standard InChI is InChI=1S/C23H34N6OS.HI/c1-2-24-22(26-18-23(8-15-31-19-23)28-11-13-30-14-12-28)25-16-20-6-3-4-7-21(20)17-29-10-5-9-27-29;/h3-7,9-10H,2,8,11-19H2,1H3,(H2,24,25,26);1H. The molecule has 1 aromatic carbocycles. The molecule has 0 aliphatic carbocycles. The fourth-order valence-corrected chi connectivity index (χ4v) is 5.80. The van der Waals surface area contributed by atoms with Crippen molar-refractivity contribution in [3.05, 3.63) is 53.9 Å². The smallest absolute Gasteiger partial charge is 0.191 e. The fraction of sp³-hybridized carbons (Fsp3) is 0.565. The molecule has 0 bridgehead atoms. The minimum Gasteiger partial charge on any atom is -0.379 e. The summed E-state index contributed by atoms with van der Waals surface area (Å²) in [7, 11) is 0. The highest BCUT2D eigenvalue weighted by Gasteiger charge is 2.40. The third kappa shape index (κ3) is 6.61. The number of nitrogens with one attached hydrogen (secondary N) is 2. The number of rotatable bonds is 8. The van der Waals surface area contributed by atoms with E-state index >= 15 is 0 Å². The van der Waals surface area contributed by atoms with E-state index in [1.165, 1.54) is 29.1 Å². The minimum absolute atomic E-state index is 0. The molecular weight excluding hydrogens is 535 g/mol. The molecule has 2 saturated heterocycles. The Morgan fingerprint density at radius 1 is 1.19 bits per heavy atom. The van der Waals surface area contributed by atoms with Gasteiger partial charge in [-0.2, -0.15) is 16.9 Å². The molecule has 2 aliphatic rings. The topological polar surface area (TPSA) is 66.7 Å². The van der Waals surface area contributed by atoms with Crippen LogP contribution in [0.5, 0.6) is 0 Å². The van der Waals surface area contributed by atoms with Crippen LogP contribution in [0.2, 0.25) is 0 Å². The number of hydrogen-bond acceptors (Lipinski definition) is 5. The van der Waals surface area contributed by atoms with Gasteiger partial charge in [0, 0.05) is 49.9 Å². The first-order valence-corrected chi connectivity index (χ1v) is 12.4. The number of aliphatic imine (C=N–C) groups is 1. The Morgan fingerprint density at radius 2 is 2.00 bits per heavy atom. The van der Waals surface area contributed by atoms with Gasteiger partial charge in [0.25, 0.3) is 0 Å². The van der Waals surface area contributed by atoms with Gasteiger partial charge in [-0.3, -0.25) is 9.58 Å². The highest BCUT2D eigenvalue weighted by Crippen LogP contribution is 2.33. The van der Waals surface area contributed by atoms with E-state index < -0.39 is 0 Å². The fourth-order valence-electron chi connectivity index (χ4n) is 4.32. The average molecular weight is 571 g/mol. The Balaban J connectivity index is 0.00000289. The lowest BCUT2D eigenvalue weighted by Gasteiger charge is -2.43. The van der Waals surface area contributed by atoms with Gasteiger partial charge < -0.3 is 15.4 Å². The summed E-state index contributed by atoms with van der Waals surface area (Å²) < 4.78 is 7.55. The van der Waals surface area contributed by atoms with Crippen molar-refractivity contribution in [2.75, 3.05) is 50.9 Å². The van der Waals surface area contributed by atoms with Crippen molar-refractivity contribution in [1.29, 1.82) is 0 Å². The lowest BCUT2D eigenvalue weighted by molar-refractivity contribution is -0.0120. The van der Waals surface area contributed by atoms with Crippen LogP contribution < -0.4 is 10.6 Å². The minimum atomic E-state index is 0. The van der Waals surface area contributed by atoms with Crippen molar-refractivity contribution < 1.29 is 4.74 Å². The number of thioether (sulfide) groups is 1. The van der Waals surface area contributed by atoms with Crippen molar-refractivity contribution in [3.63, 3.8) is 0 Å². The van der Waals surface area contributed by atoms with Gasteiger partial charge in [-0.1, -0.05) is 24.3 Å². The van der Waals surface area contributed by atoms with Crippen LogP contribution in [0, 0.1) is 0 Å². The van der Waals surface area contributed by atoms with Crippen molar-refractivity contribution >= 4 is 41.7 Å². The first-order chi connectivity index (χ1) is 15.3. The molecule has 2 N–H and O–H groups in total. The van der Waals surface area contributed by atoms with Crippen LogP contribution >= 0.6 is 35.7 Å². The van der Waals surface area contributed by atoms with E-state index in [1.807, 2.05) is 23.1 Å². The summed E-state index contributed by atoms with van der Waals surface area (Å²) in [5.41, 5.74) is 2.68. The summed E-state index contributed by atoms with van der Waals surface area (Å²) in [6, 6.07) is 10.4. The molecule has 0 spiro atoms. The molecule has 9 heteroatoms. The van der Waals surface area contributed by atoms with Crippen molar-refractivity contribution in [2.45, 2.75) is 32.0 Å². The monoisotopic (exact) mass is 570 g/mol. The zero-order chi connectivity index (χ0) is 21.4. The van der Waals surface area contributed by atoms with Crippen molar-refractivity contribution in [2.24, 2.45) is 4.99 Å². The van der Waals surface area contributed by atoms with Gasteiger partial charge in [-0.15, -0.1) is 24.0 Å². The summed E-state index contributed by atoms with van der Waals surface area (Å²) in [4.78, 5) is 7.56. The molecule has 2 aliphatic heterocycles. The Labute approximate surface area is 212 Å². The van der Waals surface area contributed by atoms with Gasteiger partial charge in [0.1, 0.15) is 0 Å². The number of aromatic nitrogens is 2. The molecule has 0 saturated carbocycles. The van der Waals surface area contributed by atoms with Gasteiger partial charge in [-0.25, -0.2) is 4.99 Å².